The van der Waals surface area contributed by atoms with Gasteiger partial charge in [-0.2, -0.15) is 26.3 Å². The van der Waals surface area contributed by atoms with Crippen LogP contribution in [-0.2, 0) is 27.3 Å². The fraction of sp³-hybridized carbons (Fsp3) is 0.346. The van der Waals surface area contributed by atoms with Crippen LogP contribution in [0.25, 0.3) is 11.0 Å². The van der Waals surface area contributed by atoms with Crippen LogP contribution in [0.1, 0.15) is 24.2 Å². The van der Waals surface area contributed by atoms with Crippen LogP contribution in [0.5, 0.6) is 0 Å². The largest absolute Gasteiger partial charge is 0.453 e. The molecule has 3 aromatic rings. The predicted octanol–water partition coefficient (Wildman–Crippen LogP) is 3.54. The van der Waals surface area contributed by atoms with Gasteiger partial charge in [-0.15, -0.1) is 0 Å². The lowest BCUT2D eigenvalue weighted by atomic mass is 9.97. The Morgan fingerprint density at radius 3 is 2.44 bits per heavy atom. The number of halogens is 6. The first-order chi connectivity index (χ1) is 20.1. The van der Waals surface area contributed by atoms with Gasteiger partial charge in [-0.1, -0.05) is 18.2 Å². The van der Waals surface area contributed by atoms with Crippen molar-refractivity contribution in [2.45, 2.75) is 44.2 Å². The number of carbonyl (C=O) groups excluding carboxylic acids is 3. The maximum atomic E-state index is 13.1. The smallest absolute Gasteiger partial charge is 0.407 e. The zero-order valence-corrected chi connectivity index (χ0v) is 22.4. The second-order valence-electron chi connectivity index (χ2n) is 9.25. The molecule has 17 heteroatoms. The summed E-state index contributed by atoms with van der Waals surface area (Å²) in [6.45, 7) is -0.277. The molecule has 0 aliphatic rings. The van der Waals surface area contributed by atoms with Crippen LogP contribution in [-0.4, -0.2) is 57.9 Å². The van der Waals surface area contributed by atoms with E-state index in [4.69, 9.17) is 5.73 Å². The van der Waals surface area contributed by atoms with Crippen molar-refractivity contribution in [1.82, 2.24) is 19.9 Å². The third kappa shape index (κ3) is 8.83. The van der Waals surface area contributed by atoms with Crippen LogP contribution in [0.15, 0.2) is 53.5 Å². The second kappa shape index (κ2) is 13.4. The minimum atomic E-state index is -5.52. The van der Waals surface area contributed by atoms with Crippen LogP contribution in [0.4, 0.5) is 36.8 Å². The number of methoxy groups -OCH3 is 1. The Hall–Kier alpha value is -4.83. The Balaban J connectivity index is 1.83. The first-order valence-corrected chi connectivity index (χ1v) is 12.5. The van der Waals surface area contributed by atoms with E-state index < -0.39 is 54.2 Å². The number of pyridine rings is 1. The molecule has 5 N–H and O–H groups in total. The number of H-pyrrole nitrogens is 1. The Labute approximate surface area is 239 Å². The quantitative estimate of drug-likeness (QED) is 0.190. The van der Waals surface area contributed by atoms with Gasteiger partial charge in [0.2, 0.25) is 11.8 Å². The number of alkyl carbamates (subject to hydrolysis) is 1. The second-order valence-corrected chi connectivity index (χ2v) is 9.25. The van der Waals surface area contributed by atoms with E-state index in [1.807, 2.05) is 0 Å². The number of aromatic amines is 1. The van der Waals surface area contributed by atoms with Crippen molar-refractivity contribution in [2.24, 2.45) is 11.7 Å². The molecule has 232 valence electrons. The van der Waals surface area contributed by atoms with Crippen molar-refractivity contribution >= 4 is 34.6 Å². The number of hydrogen-bond donors (Lipinski definition) is 4. The summed E-state index contributed by atoms with van der Waals surface area (Å²) >= 11 is 0. The SMILES string of the molecule is COC(=O)N[C@@H](CC/C=C/C(N)=O)C(=O)Nc1cccn(Cc2nc3c(CC(C(F)(F)F)C(F)(F)F)cccc3[nH]2)c1=O. The first kappa shape index (κ1) is 32.7. The monoisotopic (exact) mass is 616 g/mol. The van der Waals surface area contributed by atoms with Crippen molar-refractivity contribution in [2.75, 3.05) is 12.4 Å². The molecule has 0 radical (unpaired) electrons. The molecule has 3 rings (SSSR count). The molecule has 1 aromatic carbocycles. The standard InChI is InChI=1S/C26H26F6N6O5/c1-43-24(42)36-16(7-2-3-10-19(33)39)22(40)35-17-9-5-11-38(23(17)41)13-20-34-15-8-4-6-14(21(15)37-20)12-18(25(27,28)29)26(30,31)32/h3-6,8-11,16,18H,2,7,12-13H2,1H3,(H2,33,39)(H,34,37)(H,35,40)(H,36,42)/b10-3+/t16-/m0/s1. The molecule has 1 atom stereocenters. The lowest BCUT2D eigenvalue weighted by Gasteiger charge is -2.23. The van der Waals surface area contributed by atoms with Gasteiger partial charge in [0.15, 0.2) is 5.92 Å². The molecule has 0 saturated heterocycles. The van der Waals surface area contributed by atoms with Crippen LogP contribution in [0.3, 0.4) is 0 Å². The number of carbonyl (C=O) groups is 3. The van der Waals surface area contributed by atoms with Crippen LogP contribution in [0.2, 0.25) is 0 Å². The molecule has 0 aliphatic carbocycles. The number of fused-ring (bicyclic) bond motifs is 1. The van der Waals surface area contributed by atoms with Crippen LogP contribution >= 0.6 is 0 Å². The lowest BCUT2D eigenvalue weighted by Crippen LogP contribution is -2.44. The highest BCUT2D eigenvalue weighted by Crippen LogP contribution is 2.41. The summed E-state index contributed by atoms with van der Waals surface area (Å²) in [4.78, 5) is 55.4. The number of benzene rings is 1. The van der Waals surface area contributed by atoms with E-state index in [1.165, 1.54) is 36.5 Å². The van der Waals surface area contributed by atoms with E-state index in [0.717, 1.165) is 23.8 Å². The van der Waals surface area contributed by atoms with Gasteiger partial charge in [0.25, 0.3) is 5.56 Å². The molecule has 11 nitrogen and oxygen atoms in total. The predicted molar refractivity (Wildman–Crippen MR) is 141 cm³/mol. The molecule has 0 aliphatic heterocycles. The number of primary amides is 1. The molecule has 0 bridgehead atoms. The molecule has 0 spiro atoms. The van der Waals surface area contributed by atoms with E-state index in [1.54, 1.807) is 0 Å². The van der Waals surface area contributed by atoms with Gasteiger partial charge in [-0.05, 0) is 49.1 Å². The molecule has 0 unspecified atom stereocenters. The molecule has 0 fully saturated rings. The number of ether oxygens (including phenoxy) is 1. The van der Waals surface area contributed by atoms with Crippen molar-refractivity contribution in [3.05, 3.63) is 70.4 Å². The first-order valence-electron chi connectivity index (χ1n) is 12.5. The van der Waals surface area contributed by atoms with Crippen LogP contribution < -0.4 is 21.9 Å². The average Bonchev–Trinajstić information content (AvgIpc) is 3.32. The topological polar surface area (TPSA) is 161 Å². The zero-order valence-electron chi connectivity index (χ0n) is 22.4. The number of amides is 3. The zero-order chi connectivity index (χ0) is 31.9. The summed E-state index contributed by atoms with van der Waals surface area (Å²) in [6.07, 6.45) is -9.39. The number of hydrogen-bond acceptors (Lipinski definition) is 6. The van der Waals surface area contributed by atoms with Gasteiger partial charge in [0.05, 0.1) is 24.7 Å². The highest BCUT2D eigenvalue weighted by molar-refractivity contribution is 5.96. The number of para-hydroxylation sites is 1. The summed E-state index contributed by atoms with van der Waals surface area (Å²) in [5, 5.41) is 4.71. The summed E-state index contributed by atoms with van der Waals surface area (Å²) < 4.78 is 84.5. The Bertz CT molecular complexity index is 1550. The number of imidazole rings is 1. The van der Waals surface area contributed by atoms with Gasteiger partial charge < -0.3 is 30.7 Å². The summed E-state index contributed by atoms with van der Waals surface area (Å²) in [7, 11) is 1.08. The molecular weight excluding hydrogens is 590 g/mol. The molecule has 2 heterocycles. The number of rotatable bonds is 11. The van der Waals surface area contributed by atoms with Gasteiger partial charge in [-0.3, -0.25) is 14.4 Å². The van der Waals surface area contributed by atoms with Gasteiger partial charge in [-0.25, -0.2) is 9.78 Å². The fourth-order valence-corrected chi connectivity index (χ4v) is 4.09. The van der Waals surface area contributed by atoms with E-state index in [2.05, 4.69) is 25.3 Å². The number of nitrogens with one attached hydrogen (secondary N) is 3. The normalized spacial score (nSPS) is 12.9. The van der Waals surface area contributed by atoms with Crippen molar-refractivity contribution in [3.63, 3.8) is 0 Å². The summed E-state index contributed by atoms with van der Waals surface area (Å²) in [5.41, 5.74) is 3.85. The maximum absolute atomic E-state index is 13.1. The van der Waals surface area contributed by atoms with E-state index in [0.29, 0.717) is 0 Å². The number of allylic oxidation sites excluding steroid dienone is 1. The number of nitrogens with zero attached hydrogens (tertiary/aromatic N) is 2. The molecular formula is C26H26F6N6O5. The number of aromatic nitrogens is 3. The molecule has 43 heavy (non-hydrogen) atoms. The maximum Gasteiger partial charge on any atom is 0.407 e. The van der Waals surface area contributed by atoms with Crippen molar-refractivity contribution in [1.29, 1.82) is 0 Å². The third-order valence-electron chi connectivity index (χ3n) is 6.16. The third-order valence-corrected chi connectivity index (χ3v) is 6.16. The highest BCUT2D eigenvalue weighted by Gasteiger charge is 2.56. The molecule has 3 amide bonds. The number of nitrogens with two attached hydrogens (primary N) is 1. The lowest BCUT2D eigenvalue weighted by molar-refractivity contribution is -0.283. The fourth-order valence-electron chi connectivity index (χ4n) is 4.09. The molecule has 0 saturated carbocycles. The Morgan fingerprint density at radius 2 is 1.81 bits per heavy atom. The van der Waals surface area contributed by atoms with Crippen LogP contribution in [0, 0.1) is 5.92 Å². The summed E-state index contributed by atoms with van der Waals surface area (Å²) in [6, 6.07) is 5.32. The summed E-state index contributed by atoms with van der Waals surface area (Å²) in [5.74, 6) is -5.04. The Kier molecular flexibility index (Phi) is 10.2. The molecule has 2 aromatic heterocycles. The number of anilines is 1. The number of alkyl halides is 6. The highest BCUT2D eigenvalue weighted by atomic mass is 19.4. The minimum Gasteiger partial charge on any atom is -0.453 e. The van der Waals surface area contributed by atoms with E-state index >= 15 is 0 Å². The van der Waals surface area contributed by atoms with Gasteiger partial charge in [0, 0.05) is 6.20 Å². The van der Waals surface area contributed by atoms with E-state index in [9.17, 15) is 45.5 Å². The Morgan fingerprint density at radius 1 is 1.12 bits per heavy atom. The van der Waals surface area contributed by atoms with Crippen molar-refractivity contribution < 1.29 is 45.5 Å². The van der Waals surface area contributed by atoms with Gasteiger partial charge >= 0.3 is 18.4 Å². The average molecular weight is 617 g/mol. The van der Waals surface area contributed by atoms with Crippen molar-refractivity contribution in [3.8, 4) is 0 Å². The van der Waals surface area contributed by atoms with Gasteiger partial charge in [0.1, 0.15) is 17.6 Å². The minimum absolute atomic E-state index is 0.0105. The van der Waals surface area contributed by atoms with E-state index in [-0.39, 0.29) is 47.5 Å².